The fraction of sp³-hybridized carbons (Fsp3) is 0.647. The highest BCUT2D eigenvalue weighted by Crippen LogP contribution is 2.31. The summed E-state index contributed by atoms with van der Waals surface area (Å²) >= 11 is 0. The number of aromatic nitrogens is 4. The highest BCUT2D eigenvalue weighted by atomic mass is 16.5. The molecule has 7 heteroatoms. The number of rotatable bonds is 6. The van der Waals surface area contributed by atoms with Crippen LogP contribution in [0.3, 0.4) is 0 Å². The molecule has 130 valence electrons. The van der Waals surface area contributed by atoms with Crippen molar-refractivity contribution in [2.45, 2.75) is 65.0 Å². The summed E-state index contributed by atoms with van der Waals surface area (Å²) in [4.78, 5) is 12.4. The molecule has 3 rings (SSSR count). The molecule has 0 radical (unpaired) electrons. The van der Waals surface area contributed by atoms with Crippen molar-refractivity contribution >= 4 is 5.91 Å². The number of hydrogen-bond acceptors (Lipinski definition) is 5. The van der Waals surface area contributed by atoms with Gasteiger partial charge in [0.15, 0.2) is 5.82 Å². The van der Waals surface area contributed by atoms with Crippen molar-refractivity contribution in [3.05, 3.63) is 29.7 Å². The van der Waals surface area contributed by atoms with E-state index in [4.69, 9.17) is 4.52 Å². The molecule has 0 bridgehead atoms. The van der Waals surface area contributed by atoms with Crippen LogP contribution in [0.15, 0.2) is 16.9 Å². The third kappa shape index (κ3) is 3.66. The maximum atomic E-state index is 12.4. The maximum absolute atomic E-state index is 12.4. The van der Waals surface area contributed by atoms with E-state index in [-0.39, 0.29) is 17.7 Å². The van der Waals surface area contributed by atoms with Gasteiger partial charge in [0.2, 0.25) is 5.76 Å². The Morgan fingerprint density at radius 3 is 2.83 bits per heavy atom. The summed E-state index contributed by atoms with van der Waals surface area (Å²) in [6.07, 6.45) is 7.32. The SMILES string of the molecule is CC(C)Cc1cc(C(=O)NC(C)c2nncn2C2CCCC2)on1. The van der Waals surface area contributed by atoms with Gasteiger partial charge in [-0.2, -0.15) is 0 Å². The number of amides is 1. The molecule has 7 nitrogen and oxygen atoms in total. The third-order valence-electron chi connectivity index (χ3n) is 4.45. The Bertz CT molecular complexity index is 685. The molecule has 0 spiro atoms. The van der Waals surface area contributed by atoms with Crippen molar-refractivity contribution in [2.24, 2.45) is 5.92 Å². The van der Waals surface area contributed by atoms with Gasteiger partial charge in [-0.15, -0.1) is 10.2 Å². The molecular weight excluding hydrogens is 306 g/mol. The Kier molecular flexibility index (Phi) is 4.97. The summed E-state index contributed by atoms with van der Waals surface area (Å²) in [5, 5.41) is 15.1. The quantitative estimate of drug-likeness (QED) is 0.879. The number of nitrogens with zero attached hydrogens (tertiary/aromatic N) is 4. The van der Waals surface area contributed by atoms with Gasteiger partial charge < -0.3 is 14.4 Å². The van der Waals surface area contributed by atoms with E-state index in [0.29, 0.717) is 12.0 Å². The Balaban J connectivity index is 1.66. The summed E-state index contributed by atoms with van der Waals surface area (Å²) in [5.41, 5.74) is 0.803. The molecule has 1 aliphatic carbocycles. The van der Waals surface area contributed by atoms with Gasteiger partial charge in [-0.05, 0) is 32.1 Å². The van der Waals surface area contributed by atoms with Crippen molar-refractivity contribution in [3.63, 3.8) is 0 Å². The average molecular weight is 331 g/mol. The van der Waals surface area contributed by atoms with Gasteiger partial charge in [-0.25, -0.2) is 0 Å². The first kappa shape index (κ1) is 16.7. The zero-order valence-corrected chi connectivity index (χ0v) is 14.5. The highest BCUT2D eigenvalue weighted by Gasteiger charge is 2.24. The Hall–Kier alpha value is -2.18. The maximum Gasteiger partial charge on any atom is 0.290 e. The first-order valence-corrected chi connectivity index (χ1v) is 8.70. The molecule has 1 unspecified atom stereocenters. The van der Waals surface area contributed by atoms with Crippen LogP contribution in [-0.4, -0.2) is 25.8 Å². The van der Waals surface area contributed by atoms with E-state index in [1.807, 2.05) is 6.92 Å². The molecule has 1 fully saturated rings. The molecule has 0 aliphatic heterocycles. The van der Waals surface area contributed by atoms with Gasteiger partial charge in [0.05, 0.1) is 11.7 Å². The van der Waals surface area contributed by atoms with Crippen LogP contribution in [0.5, 0.6) is 0 Å². The molecule has 1 atom stereocenters. The minimum absolute atomic E-state index is 0.237. The average Bonchev–Trinajstić information content (AvgIpc) is 3.27. The molecule has 24 heavy (non-hydrogen) atoms. The van der Waals surface area contributed by atoms with E-state index in [1.54, 1.807) is 12.4 Å². The minimum atomic E-state index is -0.272. The number of hydrogen-bond donors (Lipinski definition) is 1. The van der Waals surface area contributed by atoms with E-state index in [9.17, 15) is 4.79 Å². The zero-order chi connectivity index (χ0) is 17.1. The Labute approximate surface area is 141 Å². The Morgan fingerprint density at radius 1 is 1.38 bits per heavy atom. The topological polar surface area (TPSA) is 85.8 Å². The summed E-state index contributed by atoms with van der Waals surface area (Å²) < 4.78 is 7.27. The van der Waals surface area contributed by atoms with E-state index >= 15 is 0 Å². The van der Waals surface area contributed by atoms with Gasteiger partial charge in [0.1, 0.15) is 6.33 Å². The fourth-order valence-corrected chi connectivity index (χ4v) is 3.29. The summed E-state index contributed by atoms with van der Waals surface area (Å²) in [6.45, 7) is 6.12. The van der Waals surface area contributed by atoms with Gasteiger partial charge in [0, 0.05) is 12.1 Å². The lowest BCUT2D eigenvalue weighted by atomic mass is 10.1. The monoisotopic (exact) mass is 331 g/mol. The van der Waals surface area contributed by atoms with Crippen LogP contribution in [-0.2, 0) is 6.42 Å². The van der Waals surface area contributed by atoms with Crippen LogP contribution in [0.2, 0.25) is 0 Å². The molecule has 1 saturated carbocycles. The van der Waals surface area contributed by atoms with Crippen LogP contribution < -0.4 is 5.32 Å². The first-order valence-electron chi connectivity index (χ1n) is 8.70. The van der Waals surface area contributed by atoms with Crippen LogP contribution >= 0.6 is 0 Å². The van der Waals surface area contributed by atoms with Crippen molar-refractivity contribution < 1.29 is 9.32 Å². The normalized spacial score (nSPS) is 16.7. The second-order valence-corrected chi connectivity index (χ2v) is 7.01. The fourth-order valence-electron chi connectivity index (χ4n) is 3.29. The molecule has 1 amide bonds. The summed E-state index contributed by atoms with van der Waals surface area (Å²) in [6, 6.07) is 1.92. The molecule has 2 heterocycles. The van der Waals surface area contributed by atoms with Crippen molar-refractivity contribution in [1.82, 2.24) is 25.2 Å². The minimum Gasteiger partial charge on any atom is -0.351 e. The number of nitrogens with one attached hydrogen (secondary N) is 1. The van der Waals surface area contributed by atoms with Crippen LogP contribution in [0.25, 0.3) is 0 Å². The largest absolute Gasteiger partial charge is 0.351 e. The first-order chi connectivity index (χ1) is 11.5. The van der Waals surface area contributed by atoms with Crippen molar-refractivity contribution in [1.29, 1.82) is 0 Å². The molecule has 0 aromatic carbocycles. The van der Waals surface area contributed by atoms with Crippen LogP contribution in [0.4, 0.5) is 0 Å². The molecule has 0 saturated heterocycles. The molecule has 1 N–H and O–H groups in total. The second-order valence-electron chi connectivity index (χ2n) is 7.01. The Morgan fingerprint density at radius 2 is 2.12 bits per heavy atom. The lowest BCUT2D eigenvalue weighted by molar-refractivity contribution is 0.0899. The predicted octanol–water partition coefficient (Wildman–Crippen LogP) is 3.07. The van der Waals surface area contributed by atoms with E-state index < -0.39 is 0 Å². The summed E-state index contributed by atoms with van der Waals surface area (Å²) in [5.74, 6) is 1.22. The van der Waals surface area contributed by atoms with E-state index in [1.165, 1.54) is 12.8 Å². The number of carbonyl (C=O) groups excluding carboxylic acids is 1. The predicted molar refractivity (Wildman–Crippen MR) is 88.5 cm³/mol. The third-order valence-corrected chi connectivity index (χ3v) is 4.45. The van der Waals surface area contributed by atoms with Gasteiger partial charge >= 0.3 is 0 Å². The lowest BCUT2D eigenvalue weighted by Crippen LogP contribution is -2.29. The standard InChI is InChI=1S/C17H25N5O2/c1-11(2)8-13-9-15(24-21-13)17(23)19-12(3)16-20-18-10-22(16)14-6-4-5-7-14/h9-12,14H,4-8H2,1-3H3,(H,19,23). The molecule has 2 aromatic heterocycles. The molecule has 2 aromatic rings. The summed E-state index contributed by atoms with van der Waals surface area (Å²) in [7, 11) is 0. The smallest absolute Gasteiger partial charge is 0.290 e. The van der Waals surface area contributed by atoms with E-state index in [2.05, 4.69) is 39.1 Å². The van der Waals surface area contributed by atoms with Crippen molar-refractivity contribution in [2.75, 3.05) is 0 Å². The van der Waals surface area contributed by atoms with Gasteiger partial charge in [0.25, 0.3) is 5.91 Å². The van der Waals surface area contributed by atoms with Crippen LogP contribution in [0.1, 0.15) is 80.6 Å². The van der Waals surface area contributed by atoms with Crippen molar-refractivity contribution in [3.8, 4) is 0 Å². The van der Waals surface area contributed by atoms with Gasteiger partial charge in [-0.3, -0.25) is 4.79 Å². The molecular formula is C17H25N5O2. The number of carbonyl (C=O) groups is 1. The zero-order valence-electron chi connectivity index (χ0n) is 14.5. The van der Waals surface area contributed by atoms with E-state index in [0.717, 1.165) is 30.8 Å². The second kappa shape index (κ2) is 7.15. The van der Waals surface area contributed by atoms with Gasteiger partial charge in [-0.1, -0.05) is 31.8 Å². The van der Waals surface area contributed by atoms with Crippen LogP contribution in [0, 0.1) is 5.92 Å². The molecule has 1 aliphatic rings. The lowest BCUT2D eigenvalue weighted by Gasteiger charge is -2.18. The highest BCUT2D eigenvalue weighted by molar-refractivity contribution is 5.91.